The molecule has 3 N–H and O–H groups in total. The van der Waals surface area contributed by atoms with E-state index in [0.717, 1.165) is 5.69 Å². The van der Waals surface area contributed by atoms with Crippen molar-refractivity contribution in [2.24, 2.45) is 5.92 Å². The van der Waals surface area contributed by atoms with Crippen LogP contribution in [0.15, 0.2) is 27.8 Å². The van der Waals surface area contributed by atoms with Gasteiger partial charge in [-0.2, -0.15) is 0 Å². The lowest BCUT2D eigenvalue weighted by Gasteiger charge is -2.29. The van der Waals surface area contributed by atoms with Gasteiger partial charge in [0.25, 0.3) is 0 Å². The topological polar surface area (TPSA) is 77.8 Å². The molecule has 1 aliphatic rings. The number of fused-ring (bicyclic) bond motifs is 1. The summed E-state index contributed by atoms with van der Waals surface area (Å²) in [5.41, 5.74) is 1.05. The Morgan fingerprint density at radius 2 is 1.71 bits per heavy atom. The molecule has 0 aliphatic heterocycles. The van der Waals surface area contributed by atoms with Crippen molar-refractivity contribution in [1.29, 1.82) is 0 Å². The fourth-order valence-electron chi connectivity index (χ4n) is 3.22. The second-order valence-electron chi connectivity index (χ2n) is 6.00. The highest BCUT2D eigenvalue weighted by Gasteiger charge is 2.19. The molecule has 1 aromatic heterocycles. The van der Waals surface area contributed by atoms with E-state index in [-0.39, 0.29) is 0 Å². The zero-order chi connectivity index (χ0) is 14.8. The minimum Gasteiger partial charge on any atom is -0.382 e. The first kappa shape index (κ1) is 13.9. The number of nitrogens with one attached hydrogen (secondary N) is 3. The van der Waals surface area contributed by atoms with Gasteiger partial charge in [-0.1, -0.05) is 19.3 Å². The van der Waals surface area contributed by atoms with E-state index in [4.69, 9.17) is 0 Å². The maximum absolute atomic E-state index is 11.4. The minimum atomic E-state index is -0.612. The van der Waals surface area contributed by atoms with Crippen LogP contribution in [0.5, 0.6) is 0 Å². The van der Waals surface area contributed by atoms with E-state index in [9.17, 15) is 9.59 Å². The van der Waals surface area contributed by atoms with E-state index >= 15 is 0 Å². The van der Waals surface area contributed by atoms with Gasteiger partial charge in [0.2, 0.25) is 0 Å². The molecule has 1 aromatic carbocycles. The Balaban J connectivity index is 1.82. The predicted molar refractivity (Wildman–Crippen MR) is 84.8 cm³/mol. The largest absolute Gasteiger partial charge is 0.382 e. The molecule has 0 bridgehead atoms. The van der Waals surface area contributed by atoms with Gasteiger partial charge < -0.3 is 15.3 Å². The first-order valence-corrected chi connectivity index (χ1v) is 7.66. The highest BCUT2D eigenvalue weighted by Crippen LogP contribution is 2.28. The zero-order valence-electron chi connectivity index (χ0n) is 12.2. The summed E-state index contributed by atoms with van der Waals surface area (Å²) in [6, 6.07) is 6.06. The van der Waals surface area contributed by atoms with Crippen LogP contribution in [-0.2, 0) is 0 Å². The Kier molecular flexibility index (Phi) is 3.82. The van der Waals surface area contributed by atoms with E-state index in [1.54, 1.807) is 0 Å². The average Bonchev–Trinajstić information content (AvgIpc) is 2.49. The summed E-state index contributed by atoms with van der Waals surface area (Å²) in [5.74, 6) is 0.712. The Labute approximate surface area is 122 Å². The van der Waals surface area contributed by atoms with Crippen molar-refractivity contribution in [3.8, 4) is 0 Å². The van der Waals surface area contributed by atoms with E-state index < -0.39 is 11.1 Å². The average molecular weight is 287 g/mol. The van der Waals surface area contributed by atoms with E-state index in [0.29, 0.717) is 23.0 Å². The molecule has 1 atom stereocenters. The normalized spacial score (nSPS) is 17.8. The summed E-state index contributed by atoms with van der Waals surface area (Å²) in [4.78, 5) is 27.9. The van der Waals surface area contributed by atoms with Crippen LogP contribution in [0.4, 0.5) is 5.69 Å². The third-order valence-electron chi connectivity index (χ3n) is 4.47. The van der Waals surface area contributed by atoms with Gasteiger partial charge in [-0.15, -0.1) is 0 Å². The summed E-state index contributed by atoms with van der Waals surface area (Å²) in [6.07, 6.45) is 6.57. The molecule has 1 fully saturated rings. The molecule has 1 unspecified atom stereocenters. The first-order valence-electron chi connectivity index (χ1n) is 7.66. The van der Waals surface area contributed by atoms with Gasteiger partial charge in [0, 0.05) is 11.7 Å². The van der Waals surface area contributed by atoms with Gasteiger partial charge in [-0.3, -0.25) is 9.59 Å². The summed E-state index contributed by atoms with van der Waals surface area (Å²) >= 11 is 0. The first-order chi connectivity index (χ1) is 10.1. The molecule has 2 aromatic rings. The fraction of sp³-hybridized carbons (Fsp3) is 0.500. The van der Waals surface area contributed by atoms with Gasteiger partial charge in [0.05, 0.1) is 11.0 Å². The van der Waals surface area contributed by atoms with Crippen molar-refractivity contribution in [1.82, 2.24) is 9.97 Å². The van der Waals surface area contributed by atoms with Crippen LogP contribution in [0, 0.1) is 5.92 Å². The summed E-state index contributed by atoms with van der Waals surface area (Å²) in [6.45, 7) is 2.22. The maximum atomic E-state index is 11.4. The Bertz CT molecular complexity index is 741. The number of benzene rings is 1. The quantitative estimate of drug-likeness (QED) is 0.759. The predicted octanol–water partition coefficient (Wildman–Crippen LogP) is 2.60. The van der Waals surface area contributed by atoms with Gasteiger partial charge >= 0.3 is 11.1 Å². The van der Waals surface area contributed by atoms with Gasteiger partial charge in [0.15, 0.2) is 0 Å². The lowest BCUT2D eigenvalue weighted by atomic mass is 9.84. The molecule has 5 heteroatoms. The molecule has 5 nitrogen and oxygen atoms in total. The molecule has 1 aliphatic carbocycles. The Morgan fingerprint density at radius 3 is 2.43 bits per heavy atom. The van der Waals surface area contributed by atoms with Crippen LogP contribution in [0.2, 0.25) is 0 Å². The molecular weight excluding hydrogens is 266 g/mol. The fourth-order valence-corrected chi connectivity index (χ4v) is 3.22. The molecule has 0 spiro atoms. The molecule has 0 saturated heterocycles. The molecular formula is C16H21N3O2. The highest BCUT2D eigenvalue weighted by molar-refractivity contribution is 5.78. The van der Waals surface area contributed by atoms with E-state index in [1.807, 2.05) is 18.2 Å². The van der Waals surface area contributed by atoms with Gasteiger partial charge in [-0.05, 0) is 43.9 Å². The summed E-state index contributed by atoms with van der Waals surface area (Å²) in [5, 5.41) is 3.52. The smallest absolute Gasteiger partial charge is 0.314 e. The number of hydrogen-bond donors (Lipinski definition) is 3. The molecule has 1 heterocycles. The number of rotatable bonds is 3. The van der Waals surface area contributed by atoms with Crippen molar-refractivity contribution in [2.45, 2.75) is 45.1 Å². The van der Waals surface area contributed by atoms with Crippen molar-refractivity contribution in [3.63, 3.8) is 0 Å². The van der Waals surface area contributed by atoms with Crippen molar-refractivity contribution >= 4 is 16.7 Å². The second kappa shape index (κ2) is 5.76. The number of anilines is 1. The van der Waals surface area contributed by atoms with Crippen molar-refractivity contribution in [3.05, 3.63) is 38.9 Å². The van der Waals surface area contributed by atoms with Crippen LogP contribution in [0.25, 0.3) is 11.0 Å². The van der Waals surface area contributed by atoms with Gasteiger partial charge in [-0.25, -0.2) is 0 Å². The third kappa shape index (κ3) is 3.01. The monoisotopic (exact) mass is 287 g/mol. The summed E-state index contributed by atoms with van der Waals surface area (Å²) in [7, 11) is 0. The molecule has 3 rings (SSSR count). The van der Waals surface area contributed by atoms with Crippen LogP contribution >= 0.6 is 0 Å². The molecule has 21 heavy (non-hydrogen) atoms. The molecule has 0 amide bonds. The van der Waals surface area contributed by atoms with E-state index in [1.165, 1.54) is 32.1 Å². The maximum Gasteiger partial charge on any atom is 0.314 e. The van der Waals surface area contributed by atoms with Crippen LogP contribution in [0.3, 0.4) is 0 Å². The number of aromatic amines is 2. The van der Waals surface area contributed by atoms with Crippen molar-refractivity contribution < 1.29 is 0 Å². The van der Waals surface area contributed by atoms with E-state index in [2.05, 4.69) is 22.2 Å². The van der Waals surface area contributed by atoms with Crippen LogP contribution in [-0.4, -0.2) is 16.0 Å². The number of aromatic nitrogens is 2. The second-order valence-corrected chi connectivity index (χ2v) is 6.00. The third-order valence-corrected chi connectivity index (χ3v) is 4.47. The number of hydrogen-bond acceptors (Lipinski definition) is 3. The minimum absolute atomic E-state index is 0.414. The zero-order valence-corrected chi connectivity index (χ0v) is 12.2. The van der Waals surface area contributed by atoms with Crippen LogP contribution in [0.1, 0.15) is 39.0 Å². The van der Waals surface area contributed by atoms with Gasteiger partial charge in [0.1, 0.15) is 0 Å². The SMILES string of the molecule is CC(Nc1ccc2[nH]c(=O)c(=O)[nH]c2c1)C1CCCCC1. The summed E-state index contributed by atoms with van der Waals surface area (Å²) < 4.78 is 0. The van der Waals surface area contributed by atoms with Crippen LogP contribution < -0.4 is 16.4 Å². The molecule has 0 radical (unpaired) electrons. The standard InChI is InChI=1S/C16H21N3O2/c1-10(11-5-3-2-4-6-11)17-12-7-8-13-14(9-12)19-16(21)15(20)18-13/h7-11,17H,2-6H2,1H3,(H,18,20)(H,19,21). The lowest BCUT2D eigenvalue weighted by molar-refractivity contribution is 0.328. The Hall–Kier alpha value is -2.04. The number of H-pyrrole nitrogens is 2. The lowest BCUT2D eigenvalue weighted by Crippen LogP contribution is -2.29. The highest BCUT2D eigenvalue weighted by atomic mass is 16.2. The Morgan fingerprint density at radius 1 is 1.05 bits per heavy atom. The van der Waals surface area contributed by atoms with Crippen molar-refractivity contribution in [2.75, 3.05) is 5.32 Å². The molecule has 112 valence electrons. The molecule has 1 saturated carbocycles.